The van der Waals surface area contributed by atoms with E-state index in [0.717, 1.165) is 0 Å². The van der Waals surface area contributed by atoms with Crippen LogP contribution >= 0.6 is 0 Å². The number of nitrogens with zero attached hydrogens (tertiary/aromatic N) is 3. The van der Waals surface area contributed by atoms with Crippen LogP contribution < -0.4 is 0 Å². The number of ether oxygens (including phenoxy) is 1. The summed E-state index contributed by atoms with van der Waals surface area (Å²) in [5.74, 6) is -0.243. The topological polar surface area (TPSA) is 95.6 Å². The van der Waals surface area contributed by atoms with Crippen molar-refractivity contribution in [2.45, 2.75) is 11.0 Å². The lowest BCUT2D eigenvalue weighted by molar-refractivity contribution is -0.144. The molecule has 1 fully saturated rings. The Balaban J connectivity index is 2.16. The number of aromatic amines is 1. The summed E-state index contributed by atoms with van der Waals surface area (Å²) in [5, 5.41) is 6.09. The molecule has 0 bridgehead atoms. The zero-order chi connectivity index (χ0) is 14.0. The maximum atomic E-state index is 12.3. The first kappa shape index (κ1) is 14.0. The highest BCUT2D eigenvalue weighted by Gasteiger charge is 2.34. The van der Waals surface area contributed by atoms with Gasteiger partial charge in [0.2, 0.25) is 10.0 Å². The Kier molecular flexibility index (Phi) is 3.88. The van der Waals surface area contributed by atoms with Crippen molar-refractivity contribution in [3.63, 3.8) is 0 Å². The molecule has 1 aliphatic rings. The quantitative estimate of drug-likeness (QED) is 0.760. The molecule has 19 heavy (non-hydrogen) atoms. The average molecular weight is 288 g/mol. The van der Waals surface area contributed by atoms with Gasteiger partial charge in [0.05, 0.1) is 12.8 Å². The number of H-pyrrole nitrogens is 1. The minimum Gasteiger partial charge on any atom is -0.366 e. The number of nitrogens with one attached hydrogen (secondary N) is 1. The molecule has 0 aromatic carbocycles. The molecule has 0 spiro atoms. The van der Waals surface area contributed by atoms with Gasteiger partial charge in [-0.25, -0.2) is 8.42 Å². The Hall–Kier alpha value is -1.45. The van der Waals surface area contributed by atoms with Crippen molar-refractivity contribution >= 4 is 15.9 Å². The van der Waals surface area contributed by atoms with Crippen molar-refractivity contribution in [3.8, 4) is 0 Å². The smallest absolute Gasteiger partial charge is 0.252 e. The van der Waals surface area contributed by atoms with E-state index in [2.05, 4.69) is 10.2 Å². The summed E-state index contributed by atoms with van der Waals surface area (Å²) < 4.78 is 31.1. The maximum Gasteiger partial charge on any atom is 0.252 e. The Morgan fingerprint density at radius 1 is 1.58 bits per heavy atom. The van der Waals surface area contributed by atoms with Gasteiger partial charge in [0.15, 0.2) is 0 Å². The van der Waals surface area contributed by atoms with E-state index in [1.54, 1.807) is 14.1 Å². The number of carbonyl (C=O) groups excluding carboxylic acids is 1. The normalized spacial score (nSPS) is 21.3. The Morgan fingerprint density at radius 3 is 2.89 bits per heavy atom. The largest absolute Gasteiger partial charge is 0.366 e. The SMILES string of the molecule is CN(C)C(=O)C1CN(S(=O)(=O)c2cn[nH]c2)CCO1. The van der Waals surface area contributed by atoms with E-state index in [1.165, 1.54) is 21.6 Å². The number of carbonyl (C=O) groups is 1. The number of hydrogen-bond acceptors (Lipinski definition) is 5. The monoisotopic (exact) mass is 288 g/mol. The van der Waals surface area contributed by atoms with Crippen molar-refractivity contribution in [1.82, 2.24) is 19.4 Å². The van der Waals surface area contributed by atoms with Gasteiger partial charge >= 0.3 is 0 Å². The predicted octanol–water partition coefficient (Wildman–Crippen LogP) is -1.11. The summed E-state index contributed by atoms with van der Waals surface area (Å²) in [4.78, 5) is 13.3. The lowest BCUT2D eigenvalue weighted by atomic mass is 10.3. The fourth-order valence-electron chi connectivity index (χ4n) is 1.81. The fraction of sp³-hybridized carbons (Fsp3) is 0.600. The van der Waals surface area contributed by atoms with Crippen LogP contribution in [0.2, 0.25) is 0 Å². The molecule has 2 rings (SSSR count). The van der Waals surface area contributed by atoms with Crippen LogP contribution in [0.15, 0.2) is 17.3 Å². The number of hydrogen-bond donors (Lipinski definition) is 1. The van der Waals surface area contributed by atoms with E-state index >= 15 is 0 Å². The Bertz CT molecular complexity index is 540. The molecule has 0 aliphatic carbocycles. The van der Waals surface area contributed by atoms with Gasteiger partial charge in [-0.2, -0.15) is 9.40 Å². The van der Waals surface area contributed by atoms with Crippen LogP contribution in [0.5, 0.6) is 0 Å². The summed E-state index contributed by atoms with van der Waals surface area (Å²) in [5.41, 5.74) is 0. The molecule has 1 atom stereocenters. The van der Waals surface area contributed by atoms with Crippen molar-refractivity contribution < 1.29 is 17.9 Å². The van der Waals surface area contributed by atoms with Gasteiger partial charge < -0.3 is 9.64 Å². The van der Waals surface area contributed by atoms with Crippen molar-refractivity contribution in [1.29, 1.82) is 0 Å². The highest BCUT2D eigenvalue weighted by Crippen LogP contribution is 2.18. The third kappa shape index (κ3) is 2.77. The third-order valence-corrected chi connectivity index (χ3v) is 4.69. The van der Waals surface area contributed by atoms with E-state index in [4.69, 9.17) is 4.74 Å². The lowest BCUT2D eigenvalue weighted by Crippen LogP contribution is -2.51. The van der Waals surface area contributed by atoms with Crippen LogP contribution in [0.1, 0.15) is 0 Å². The van der Waals surface area contributed by atoms with E-state index < -0.39 is 16.1 Å². The summed E-state index contributed by atoms with van der Waals surface area (Å²) in [6, 6.07) is 0. The molecule has 1 N–H and O–H groups in total. The van der Waals surface area contributed by atoms with Crippen LogP contribution in [-0.2, 0) is 19.6 Å². The van der Waals surface area contributed by atoms with E-state index in [0.29, 0.717) is 0 Å². The second-order valence-electron chi connectivity index (χ2n) is 4.39. The van der Waals surface area contributed by atoms with Gasteiger partial charge in [-0.1, -0.05) is 0 Å². The van der Waals surface area contributed by atoms with Gasteiger partial charge in [0, 0.05) is 33.4 Å². The van der Waals surface area contributed by atoms with Gasteiger partial charge in [-0.15, -0.1) is 0 Å². The number of sulfonamides is 1. The van der Waals surface area contributed by atoms with E-state index in [9.17, 15) is 13.2 Å². The number of likely N-dealkylation sites (N-methyl/N-ethyl adjacent to an activating group) is 1. The van der Waals surface area contributed by atoms with Gasteiger partial charge in [0.25, 0.3) is 5.91 Å². The van der Waals surface area contributed by atoms with Crippen molar-refractivity contribution in [3.05, 3.63) is 12.4 Å². The molecule has 106 valence electrons. The molecule has 8 nitrogen and oxygen atoms in total. The average Bonchev–Trinajstić information content (AvgIpc) is 2.92. The number of rotatable bonds is 3. The van der Waals surface area contributed by atoms with Crippen molar-refractivity contribution in [2.24, 2.45) is 0 Å². The number of aromatic nitrogens is 2. The first-order chi connectivity index (χ1) is 8.93. The molecular weight excluding hydrogens is 272 g/mol. The lowest BCUT2D eigenvalue weighted by Gasteiger charge is -2.32. The molecule has 1 aromatic rings. The van der Waals surface area contributed by atoms with Gasteiger partial charge in [-0.05, 0) is 0 Å². The number of morpholine rings is 1. The molecule has 2 heterocycles. The minimum atomic E-state index is -3.62. The predicted molar refractivity (Wildman–Crippen MR) is 65.8 cm³/mol. The first-order valence-corrected chi connectivity index (χ1v) is 7.18. The van der Waals surface area contributed by atoms with E-state index in [1.807, 2.05) is 0 Å². The second-order valence-corrected chi connectivity index (χ2v) is 6.33. The van der Waals surface area contributed by atoms with Gasteiger partial charge in [0.1, 0.15) is 11.0 Å². The summed E-state index contributed by atoms with van der Waals surface area (Å²) in [6.07, 6.45) is 1.80. The van der Waals surface area contributed by atoms with Crippen LogP contribution in [0.3, 0.4) is 0 Å². The molecule has 0 radical (unpaired) electrons. The minimum absolute atomic E-state index is 0.0184. The highest BCUT2D eigenvalue weighted by atomic mass is 32.2. The number of amides is 1. The van der Waals surface area contributed by atoms with Gasteiger partial charge in [-0.3, -0.25) is 9.89 Å². The maximum absolute atomic E-state index is 12.3. The highest BCUT2D eigenvalue weighted by molar-refractivity contribution is 7.89. The molecule has 1 aromatic heterocycles. The molecule has 1 aliphatic heterocycles. The molecule has 1 saturated heterocycles. The molecular formula is C10H16N4O4S. The van der Waals surface area contributed by atoms with Crippen LogP contribution in [0.4, 0.5) is 0 Å². The fourth-order valence-corrected chi connectivity index (χ4v) is 3.14. The van der Waals surface area contributed by atoms with Crippen molar-refractivity contribution in [2.75, 3.05) is 33.8 Å². The zero-order valence-electron chi connectivity index (χ0n) is 10.7. The Labute approximate surface area is 111 Å². The standard InChI is InChI=1S/C10H16N4O4S/c1-13(2)10(15)9-7-14(3-4-18-9)19(16,17)8-5-11-12-6-8/h5-6,9H,3-4,7H2,1-2H3,(H,11,12). The Morgan fingerprint density at radius 2 is 2.32 bits per heavy atom. The summed E-state index contributed by atoms with van der Waals surface area (Å²) in [6.45, 7) is 0.441. The second kappa shape index (κ2) is 5.27. The van der Waals surface area contributed by atoms with Crippen LogP contribution in [0, 0.1) is 0 Å². The summed E-state index contributed by atoms with van der Waals surface area (Å²) >= 11 is 0. The van der Waals surface area contributed by atoms with Crippen LogP contribution in [-0.4, -0.2) is 73.6 Å². The molecule has 9 heteroatoms. The molecule has 1 unspecified atom stereocenters. The first-order valence-electron chi connectivity index (χ1n) is 5.74. The zero-order valence-corrected chi connectivity index (χ0v) is 11.6. The van der Waals surface area contributed by atoms with Crippen LogP contribution in [0.25, 0.3) is 0 Å². The van der Waals surface area contributed by atoms with E-state index in [-0.39, 0.29) is 30.5 Å². The molecule has 1 amide bonds. The molecule has 0 saturated carbocycles. The third-order valence-electron chi connectivity index (χ3n) is 2.86. The summed E-state index contributed by atoms with van der Waals surface area (Å²) in [7, 11) is -0.409.